The summed E-state index contributed by atoms with van der Waals surface area (Å²) in [6.07, 6.45) is 3.79. The van der Waals surface area contributed by atoms with Gasteiger partial charge in [-0.15, -0.1) is 0 Å². The van der Waals surface area contributed by atoms with Gasteiger partial charge in [0.1, 0.15) is 23.4 Å². The number of nitrogens with one attached hydrogen (secondary N) is 3. The lowest BCUT2D eigenvalue weighted by atomic mass is 10.2. The summed E-state index contributed by atoms with van der Waals surface area (Å²) in [6, 6.07) is 9.58. The van der Waals surface area contributed by atoms with E-state index in [0.717, 1.165) is 44.3 Å². The highest BCUT2D eigenvalue weighted by atomic mass is 16.6. The van der Waals surface area contributed by atoms with Crippen LogP contribution in [0.1, 0.15) is 113 Å². The van der Waals surface area contributed by atoms with Crippen molar-refractivity contribution in [1.29, 1.82) is 0 Å². The van der Waals surface area contributed by atoms with E-state index in [1.807, 2.05) is 71.9 Å². The fourth-order valence-electron chi connectivity index (χ4n) is 4.66. The zero-order valence-corrected chi connectivity index (χ0v) is 32.9. The van der Waals surface area contributed by atoms with Crippen molar-refractivity contribution in [2.24, 2.45) is 0 Å². The van der Waals surface area contributed by atoms with Gasteiger partial charge in [0.2, 0.25) is 0 Å². The Morgan fingerprint density at radius 1 is 0.529 bits per heavy atom. The molecule has 1 rings (SSSR count). The van der Waals surface area contributed by atoms with E-state index in [4.69, 9.17) is 18.9 Å². The first kappa shape index (κ1) is 45.3. The number of amides is 4. The van der Waals surface area contributed by atoms with Gasteiger partial charge in [0.05, 0.1) is 0 Å². The molecule has 51 heavy (non-hydrogen) atoms. The van der Waals surface area contributed by atoms with Gasteiger partial charge in [0.15, 0.2) is 0 Å². The van der Waals surface area contributed by atoms with Crippen LogP contribution in [0, 0.1) is 0 Å². The summed E-state index contributed by atoms with van der Waals surface area (Å²) in [5.74, 6) is 0. The molecule has 13 nitrogen and oxygen atoms in total. The van der Waals surface area contributed by atoms with Crippen LogP contribution in [0.3, 0.4) is 0 Å². The first-order chi connectivity index (χ1) is 23.8. The van der Waals surface area contributed by atoms with Crippen LogP contribution >= 0.6 is 0 Å². The van der Waals surface area contributed by atoms with Gasteiger partial charge >= 0.3 is 24.4 Å². The smallest absolute Gasteiger partial charge is 0.410 e. The quantitative estimate of drug-likeness (QED) is 0.0883. The minimum absolute atomic E-state index is 0.257. The van der Waals surface area contributed by atoms with Crippen LogP contribution in [0.15, 0.2) is 30.3 Å². The van der Waals surface area contributed by atoms with Crippen molar-refractivity contribution in [1.82, 2.24) is 25.8 Å². The highest BCUT2D eigenvalue weighted by molar-refractivity contribution is 5.69. The fraction of sp³-hybridized carbons (Fsp3) is 0.737. The lowest BCUT2D eigenvalue weighted by molar-refractivity contribution is 0.0207. The van der Waals surface area contributed by atoms with Crippen LogP contribution in [-0.4, -0.2) is 103 Å². The average Bonchev–Trinajstić information content (AvgIpc) is 3.00. The number of hydrogen-bond acceptors (Lipinski definition) is 9. The molecule has 0 aliphatic heterocycles. The fourth-order valence-corrected chi connectivity index (χ4v) is 4.66. The number of ether oxygens (including phenoxy) is 4. The molecule has 0 saturated carbocycles. The average molecular weight is 722 g/mol. The maximum Gasteiger partial charge on any atom is 0.410 e. The summed E-state index contributed by atoms with van der Waals surface area (Å²) in [6.45, 7) is 21.1. The monoisotopic (exact) mass is 721 g/mol. The molecule has 1 aromatic rings. The van der Waals surface area contributed by atoms with Gasteiger partial charge in [-0.3, -0.25) is 0 Å². The second-order valence-corrected chi connectivity index (χ2v) is 15.6. The van der Waals surface area contributed by atoms with E-state index in [1.165, 1.54) is 0 Å². The minimum Gasteiger partial charge on any atom is -0.445 e. The molecule has 0 bridgehead atoms. The van der Waals surface area contributed by atoms with E-state index in [-0.39, 0.29) is 12.7 Å². The molecular weight excluding hydrogens is 654 g/mol. The molecule has 0 aliphatic carbocycles. The highest BCUT2D eigenvalue weighted by Crippen LogP contribution is 2.14. The van der Waals surface area contributed by atoms with Gasteiger partial charge < -0.3 is 44.7 Å². The molecular formula is C38H67N5O8. The largest absolute Gasteiger partial charge is 0.445 e. The molecule has 0 fully saturated rings. The molecule has 13 heteroatoms. The second-order valence-electron chi connectivity index (χ2n) is 15.6. The van der Waals surface area contributed by atoms with Crippen molar-refractivity contribution in [2.45, 2.75) is 131 Å². The Morgan fingerprint density at radius 3 is 1.49 bits per heavy atom. The zero-order chi connectivity index (χ0) is 38.3. The second kappa shape index (κ2) is 23.7. The van der Waals surface area contributed by atoms with Gasteiger partial charge in [-0.1, -0.05) is 36.8 Å². The van der Waals surface area contributed by atoms with E-state index in [9.17, 15) is 19.2 Å². The Balaban J connectivity index is 2.43. The molecule has 0 radical (unpaired) electrons. The normalized spacial score (nSPS) is 11.7. The van der Waals surface area contributed by atoms with E-state index in [2.05, 4.69) is 16.0 Å². The lowest BCUT2D eigenvalue weighted by Gasteiger charge is -2.29. The first-order valence-electron chi connectivity index (χ1n) is 18.4. The SMILES string of the molecule is CC(C)(C)OC(=O)NCCCN(CCCCN(CCCNCCCCCNC(=O)OCc1ccccc1)C(=O)OC(C)(C)C)C(=O)OC(C)(C)C. The molecule has 0 saturated heterocycles. The van der Waals surface area contributed by atoms with E-state index in [1.54, 1.807) is 30.6 Å². The Labute approximate surface area is 306 Å². The topological polar surface area (TPSA) is 148 Å². The van der Waals surface area contributed by atoms with Gasteiger partial charge in [0.25, 0.3) is 0 Å². The first-order valence-corrected chi connectivity index (χ1v) is 18.4. The Morgan fingerprint density at radius 2 is 0.961 bits per heavy atom. The number of unbranched alkanes of at least 4 members (excludes halogenated alkanes) is 3. The van der Waals surface area contributed by atoms with Crippen molar-refractivity contribution < 1.29 is 38.1 Å². The van der Waals surface area contributed by atoms with Crippen molar-refractivity contribution in [3.63, 3.8) is 0 Å². The molecule has 0 aliphatic rings. The maximum atomic E-state index is 13.0. The van der Waals surface area contributed by atoms with Crippen molar-refractivity contribution in [3.8, 4) is 0 Å². The molecule has 0 heterocycles. The van der Waals surface area contributed by atoms with Crippen LogP contribution in [0.4, 0.5) is 19.2 Å². The number of carbonyl (C=O) groups is 4. The highest BCUT2D eigenvalue weighted by Gasteiger charge is 2.24. The minimum atomic E-state index is -0.637. The lowest BCUT2D eigenvalue weighted by Crippen LogP contribution is -2.40. The van der Waals surface area contributed by atoms with E-state index >= 15 is 0 Å². The third-order valence-electron chi connectivity index (χ3n) is 6.98. The maximum absolute atomic E-state index is 13.0. The molecule has 292 valence electrons. The summed E-state index contributed by atoms with van der Waals surface area (Å²) in [5.41, 5.74) is -0.879. The predicted octanol–water partition coefficient (Wildman–Crippen LogP) is 7.23. The van der Waals surface area contributed by atoms with Gasteiger partial charge in [-0.25, -0.2) is 19.2 Å². The number of carbonyl (C=O) groups excluding carboxylic acids is 4. The third kappa shape index (κ3) is 25.8. The molecule has 0 atom stereocenters. The summed E-state index contributed by atoms with van der Waals surface area (Å²) >= 11 is 0. The van der Waals surface area contributed by atoms with Crippen molar-refractivity contribution in [3.05, 3.63) is 35.9 Å². The summed E-state index contributed by atoms with van der Waals surface area (Å²) in [4.78, 5) is 53.2. The molecule has 0 unspecified atom stereocenters. The molecule has 1 aromatic carbocycles. The van der Waals surface area contributed by atoms with Crippen molar-refractivity contribution >= 4 is 24.4 Å². The molecule has 0 aromatic heterocycles. The number of alkyl carbamates (subject to hydrolysis) is 2. The summed E-state index contributed by atoms with van der Waals surface area (Å²) in [5, 5.41) is 8.96. The van der Waals surface area contributed by atoms with Gasteiger partial charge in [0, 0.05) is 39.3 Å². The van der Waals surface area contributed by atoms with Gasteiger partial charge in [-0.2, -0.15) is 0 Å². The summed E-state index contributed by atoms with van der Waals surface area (Å²) in [7, 11) is 0. The van der Waals surface area contributed by atoms with Crippen LogP contribution in [0.25, 0.3) is 0 Å². The number of rotatable bonds is 21. The molecule has 4 amide bonds. The zero-order valence-electron chi connectivity index (χ0n) is 32.9. The van der Waals surface area contributed by atoms with Gasteiger partial charge in [-0.05, 0) is 119 Å². The van der Waals surface area contributed by atoms with Crippen LogP contribution in [0.5, 0.6) is 0 Å². The van der Waals surface area contributed by atoms with E-state index < -0.39 is 35.1 Å². The summed E-state index contributed by atoms with van der Waals surface area (Å²) < 4.78 is 21.8. The van der Waals surface area contributed by atoms with Crippen LogP contribution in [0.2, 0.25) is 0 Å². The molecule has 0 spiro atoms. The Hall–Kier alpha value is -3.74. The predicted molar refractivity (Wildman–Crippen MR) is 200 cm³/mol. The number of hydrogen-bond donors (Lipinski definition) is 3. The molecule has 3 N–H and O–H groups in total. The number of benzene rings is 1. The van der Waals surface area contributed by atoms with E-state index in [0.29, 0.717) is 58.5 Å². The van der Waals surface area contributed by atoms with Crippen molar-refractivity contribution in [2.75, 3.05) is 52.4 Å². The Kier molecular flexibility index (Phi) is 21.0. The standard InChI is InChI=1S/C38H67N5O8/c1-36(2,3)49-33(45)41-25-19-29-43(35(47)51-38(7,8)9)27-17-16-26-42(34(46)50-37(4,5)6)28-18-23-39-22-14-11-15-24-40-32(44)48-30-31-20-12-10-13-21-31/h10,12-13,20-21,39H,11,14-19,22-30H2,1-9H3,(H,40,44)(H,41,45). The van der Waals surface area contributed by atoms with Crippen LogP contribution in [-0.2, 0) is 25.6 Å². The Bertz CT molecular complexity index is 1150. The van der Waals surface area contributed by atoms with Crippen LogP contribution < -0.4 is 16.0 Å². The third-order valence-corrected chi connectivity index (χ3v) is 6.98. The number of nitrogens with zero attached hydrogens (tertiary/aromatic N) is 2.